The SMILES string of the molecule is CC[C@H](N)c1cnn(C)c1C. The van der Waals surface area contributed by atoms with E-state index in [1.807, 2.05) is 24.9 Å². The molecule has 1 aromatic rings. The second kappa shape index (κ2) is 3.05. The molecule has 0 saturated heterocycles. The third-order valence-corrected chi connectivity index (χ3v) is 2.11. The molecule has 1 aromatic heterocycles. The third kappa shape index (κ3) is 1.43. The number of hydrogen-bond donors (Lipinski definition) is 1. The van der Waals surface area contributed by atoms with Crippen LogP contribution in [0.15, 0.2) is 6.20 Å². The predicted molar refractivity (Wildman–Crippen MR) is 45.2 cm³/mol. The number of hydrogen-bond acceptors (Lipinski definition) is 2. The Morgan fingerprint density at radius 1 is 1.73 bits per heavy atom. The number of aromatic nitrogens is 2. The zero-order chi connectivity index (χ0) is 8.43. The fourth-order valence-corrected chi connectivity index (χ4v) is 1.10. The highest BCUT2D eigenvalue weighted by Gasteiger charge is 2.09. The molecule has 0 unspecified atom stereocenters. The molecule has 11 heavy (non-hydrogen) atoms. The molecule has 1 atom stereocenters. The first-order valence-corrected chi connectivity index (χ1v) is 3.91. The van der Waals surface area contributed by atoms with E-state index in [-0.39, 0.29) is 6.04 Å². The van der Waals surface area contributed by atoms with Crippen LogP contribution in [0.4, 0.5) is 0 Å². The van der Waals surface area contributed by atoms with Crippen LogP contribution in [0.2, 0.25) is 0 Å². The Balaban J connectivity index is 2.94. The fourth-order valence-electron chi connectivity index (χ4n) is 1.10. The summed E-state index contributed by atoms with van der Waals surface area (Å²) in [4.78, 5) is 0. The van der Waals surface area contributed by atoms with Gasteiger partial charge in [0, 0.05) is 24.3 Å². The molecule has 1 heterocycles. The van der Waals surface area contributed by atoms with Crippen molar-refractivity contribution in [2.75, 3.05) is 0 Å². The molecule has 0 fully saturated rings. The molecule has 0 aliphatic carbocycles. The number of rotatable bonds is 2. The molecule has 3 heteroatoms. The average Bonchev–Trinajstić information content (AvgIpc) is 2.32. The summed E-state index contributed by atoms with van der Waals surface area (Å²) in [5.74, 6) is 0. The largest absolute Gasteiger partial charge is 0.324 e. The quantitative estimate of drug-likeness (QED) is 0.692. The minimum atomic E-state index is 0.142. The molecule has 62 valence electrons. The lowest BCUT2D eigenvalue weighted by Crippen LogP contribution is -2.09. The summed E-state index contributed by atoms with van der Waals surface area (Å²) in [5, 5.41) is 4.12. The molecule has 3 nitrogen and oxygen atoms in total. The highest BCUT2D eigenvalue weighted by molar-refractivity contribution is 5.19. The van der Waals surface area contributed by atoms with Gasteiger partial charge in [0.05, 0.1) is 6.20 Å². The van der Waals surface area contributed by atoms with Gasteiger partial charge in [-0.25, -0.2) is 0 Å². The Hall–Kier alpha value is -0.830. The van der Waals surface area contributed by atoms with Crippen molar-refractivity contribution < 1.29 is 0 Å². The number of nitrogens with two attached hydrogens (primary N) is 1. The molecule has 0 saturated carbocycles. The monoisotopic (exact) mass is 153 g/mol. The van der Waals surface area contributed by atoms with Gasteiger partial charge in [0.15, 0.2) is 0 Å². The van der Waals surface area contributed by atoms with E-state index >= 15 is 0 Å². The smallest absolute Gasteiger partial charge is 0.0540 e. The zero-order valence-electron chi connectivity index (χ0n) is 7.33. The van der Waals surface area contributed by atoms with Crippen molar-refractivity contribution in [2.24, 2.45) is 12.8 Å². The highest BCUT2D eigenvalue weighted by Crippen LogP contribution is 2.16. The summed E-state index contributed by atoms with van der Waals surface area (Å²) in [7, 11) is 1.93. The van der Waals surface area contributed by atoms with E-state index in [1.165, 1.54) is 5.69 Å². The highest BCUT2D eigenvalue weighted by atomic mass is 15.3. The standard InChI is InChI=1S/C8H15N3/c1-4-8(9)7-5-10-11(3)6(7)2/h5,8H,4,9H2,1-3H3/t8-/m0/s1. The summed E-state index contributed by atoms with van der Waals surface area (Å²) < 4.78 is 1.85. The molecule has 0 bridgehead atoms. The van der Waals surface area contributed by atoms with E-state index in [4.69, 9.17) is 5.73 Å². The molecular formula is C8H15N3. The first-order chi connectivity index (χ1) is 5.16. The second-order valence-electron chi connectivity index (χ2n) is 2.82. The van der Waals surface area contributed by atoms with E-state index in [0.29, 0.717) is 0 Å². The Labute approximate surface area is 67.2 Å². The van der Waals surface area contributed by atoms with Gasteiger partial charge in [0.2, 0.25) is 0 Å². The molecule has 1 rings (SSSR count). The maximum Gasteiger partial charge on any atom is 0.0540 e. The van der Waals surface area contributed by atoms with Gasteiger partial charge in [-0.05, 0) is 13.3 Å². The Morgan fingerprint density at radius 2 is 2.36 bits per heavy atom. The fraction of sp³-hybridized carbons (Fsp3) is 0.625. The molecule has 2 N–H and O–H groups in total. The third-order valence-electron chi connectivity index (χ3n) is 2.11. The van der Waals surface area contributed by atoms with Crippen molar-refractivity contribution in [3.8, 4) is 0 Å². The van der Waals surface area contributed by atoms with E-state index in [2.05, 4.69) is 12.0 Å². The van der Waals surface area contributed by atoms with Crippen LogP contribution in [0.1, 0.15) is 30.6 Å². The van der Waals surface area contributed by atoms with Crippen LogP contribution in [0.3, 0.4) is 0 Å². The molecule has 0 spiro atoms. The zero-order valence-corrected chi connectivity index (χ0v) is 7.33. The molecule has 0 aliphatic rings. The topological polar surface area (TPSA) is 43.8 Å². The molecule has 0 aromatic carbocycles. The van der Waals surface area contributed by atoms with Gasteiger partial charge in [-0.2, -0.15) is 5.10 Å². The van der Waals surface area contributed by atoms with Crippen molar-refractivity contribution in [3.05, 3.63) is 17.5 Å². The Morgan fingerprint density at radius 3 is 2.73 bits per heavy atom. The summed E-state index contributed by atoms with van der Waals surface area (Å²) in [6.07, 6.45) is 2.82. The molecular weight excluding hydrogens is 138 g/mol. The summed E-state index contributed by atoms with van der Waals surface area (Å²) in [6.45, 7) is 4.12. The summed E-state index contributed by atoms with van der Waals surface area (Å²) in [5.41, 5.74) is 8.18. The van der Waals surface area contributed by atoms with Crippen molar-refractivity contribution in [1.29, 1.82) is 0 Å². The van der Waals surface area contributed by atoms with Crippen molar-refractivity contribution in [3.63, 3.8) is 0 Å². The summed E-state index contributed by atoms with van der Waals surface area (Å²) >= 11 is 0. The maximum absolute atomic E-state index is 5.86. The van der Waals surface area contributed by atoms with E-state index in [0.717, 1.165) is 12.0 Å². The van der Waals surface area contributed by atoms with Crippen molar-refractivity contribution in [1.82, 2.24) is 9.78 Å². The van der Waals surface area contributed by atoms with Crippen LogP contribution >= 0.6 is 0 Å². The Kier molecular flexibility index (Phi) is 2.29. The second-order valence-corrected chi connectivity index (χ2v) is 2.82. The average molecular weight is 153 g/mol. The van der Waals surface area contributed by atoms with Gasteiger partial charge in [0.1, 0.15) is 0 Å². The lowest BCUT2D eigenvalue weighted by Gasteiger charge is -2.06. The van der Waals surface area contributed by atoms with Gasteiger partial charge < -0.3 is 5.73 Å². The van der Waals surface area contributed by atoms with E-state index < -0.39 is 0 Å². The minimum absolute atomic E-state index is 0.142. The minimum Gasteiger partial charge on any atom is -0.324 e. The van der Waals surface area contributed by atoms with Gasteiger partial charge in [0.25, 0.3) is 0 Å². The van der Waals surface area contributed by atoms with E-state index in [9.17, 15) is 0 Å². The lowest BCUT2D eigenvalue weighted by atomic mass is 10.1. The van der Waals surface area contributed by atoms with Gasteiger partial charge in [-0.15, -0.1) is 0 Å². The van der Waals surface area contributed by atoms with Crippen molar-refractivity contribution >= 4 is 0 Å². The maximum atomic E-state index is 5.86. The molecule has 0 aliphatic heterocycles. The molecule has 0 amide bonds. The first kappa shape index (κ1) is 8.27. The van der Waals surface area contributed by atoms with E-state index in [1.54, 1.807) is 0 Å². The first-order valence-electron chi connectivity index (χ1n) is 3.91. The van der Waals surface area contributed by atoms with Crippen LogP contribution in [0.25, 0.3) is 0 Å². The normalized spacial score (nSPS) is 13.5. The van der Waals surface area contributed by atoms with Crippen LogP contribution in [0, 0.1) is 6.92 Å². The Bertz CT molecular complexity index is 239. The van der Waals surface area contributed by atoms with Crippen LogP contribution in [-0.2, 0) is 7.05 Å². The van der Waals surface area contributed by atoms with Crippen LogP contribution in [0.5, 0.6) is 0 Å². The van der Waals surface area contributed by atoms with Crippen LogP contribution in [-0.4, -0.2) is 9.78 Å². The van der Waals surface area contributed by atoms with Gasteiger partial charge in [-0.1, -0.05) is 6.92 Å². The van der Waals surface area contributed by atoms with Crippen molar-refractivity contribution in [2.45, 2.75) is 26.3 Å². The summed E-state index contributed by atoms with van der Waals surface area (Å²) in [6, 6.07) is 0.142. The van der Waals surface area contributed by atoms with Crippen LogP contribution < -0.4 is 5.73 Å². The number of aryl methyl sites for hydroxylation is 1. The lowest BCUT2D eigenvalue weighted by molar-refractivity contribution is 0.684. The van der Waals surface area contributed by atoms with Gasteiger partial charge in [-0.3, -0.25) is 4.68 Å². The predicted octanol–water partition coefficient (Wildman–Crippen LogP) is 1.14. The molecule has 0 radical (unpaired) electrons. The van der Waals surface area contributed by atoms with Gasteiger partial charge >= 0.3 is 0 Å². The number of nitrogens with zero attached hydrogens (tertiary/aromatic N) is 2.